The van der Waals surface area contributed by atoms with Crippen LogP contribution in [0, 0.1) is 0 Å². The molecule has 4 aromatic heterocycles. The van der Waals surface area contributed by atoms with Crippen molar-refractivity contribution >= 4 is 22.2 Å². The van der Waals surface area contributed by atoms with E-state index in [1.165, 1.54) is 0 Å². The maximum absolute atomic E-state index is 4.72. The Labute approximate surface area is 142 Å². The predicted octanol–water partition coefficient (Wildman–Crippen LogP) is 2.61. The van der Waals surface area contributed by atoms with Crippen LogP contribution in [0.25, 0.3) is 28.1 Å². The third-order valence-corrected chi connectivity index (χ3v) is 4.12. The highest BCUT2D eigenvalue weighted by atomic mass is 15.2. The highest BCUT2D eigenvalue weighted by molar-refractivity contribution is 5.77. The first-order valence-corrected chi connectivity index (χ1v) is 7.88. The van der Waals surface area contributed by atoms with Crippen molar-refractivity contribution in [2.24, 2.45) is 0 Å². The number of benzene rings is 1. The van der Waals surface area contributed by atoms with Crippen molar-refractivity contribution in [1.82, 2.24) is 34.1 Å². The largest absolute Gasteiger partial charge is 0.311 e. The molecule has 0 unspecified atom stereocenters. The van der Waals surface area contributed by atoms with Gasteiger partial charge in [-0.3, -0.25) is 9.55 Å². The third-order valence-electron chi connectivity index (χ3n) is 4.12. The summed E-state index contributed by atoms with van der Waals surface area (Å²) in [6.07, 6.45) is 8.85. The fraction of sp³-hybridized carbons (Fsp3) is 0.0556. The van der Waals surface area contributed by atoms with Crippen LogP contribution in [0.5, 0.6) is 0 Å². The minimum Gasteiger partial charge on any atom is -0.311 e. The van der Waals surface area contributed by atoms with E-state index in [0.717, 1.165) is 27.8 Å². The van der Waals surface area contributed by atoms with Gasteiger partial charge in [-0.25, -0.2) is 15.0 Å². The Morgan fingerprint density at radius 1 is 0.840 bits per heavy atom. The molecule has 0 saturated heterocycles. The molecule has 0 amide bonds. The van der Waals surface area contributed by atoms with Crippen LogP contribution in [0.15, 0.2) is 67.6 Å². The molecule has 120 valence electrons. The van der Waals surface area contributed by atoms with Crippen LogP contribution in [0.4, 0.5) is 0 Å². The maximum Gasteiger partial charge on any atom is 0.237 e. The summed E-state index contributed by atoms with van der Waals surface area (Å²) in [4.78, 5) is 22.0. The van der Waals surface area contributed by atoms with Gasteiger partial charge in [-0.05, 0) is 29.8 Å². The zero-order valence-electron chi connectivity index (χ0n) is 13.2. The van der Waals surface area contributed by atoms with Gasteiger partial charge in [-0.15, -0.1) is 0 Å². The number of fused-ring (bicyclic) bond motifs is 2. The molecule has 0 spiro atoms. The van der Waals surface area contributed by atoms with Crippen LogP contribution in [-0.4, -0.2) is 34.1 Å². The van der Waals surface area contributed by atoms with Crippen molar-refractivity contribution < 1.29 is 0 Å². The second kappa shape index (κ2) is 5.48. The van der Waals surface area contributed by atoms with Gasteiger partial charge in [-0.2, -0.15) is 4.98 Å². The molecule has 1 aromatic carbocycles. The van der Waals surface area contributed by atoms with Gasteiger partial charge in [0.25, 0.3) is 0 Å². The Morgan fingerprint density at radius 2 is 1.68 bits per heavy atom. The first-order valence-electron chi connectivity index (χ1n) is 7.88. The van der Waals surface area contributed by atoms with Crippen molar-refractivity contribution in [1.29, 1.82) is 0 Å². The lowest BCUT2D eigenvalue weighted by Gasteiger charge is -2.05. The highest BCUT2D eigenvalue weighted by Gasteiger charge is 2.11. The topological polar surface area (TPSA) is 74.3 Å². The first kappa shape index (κ1) is 13.8. The Bertz CT molecular complexity index is 1170. The number of para-hydroxylation sites is 2. The van der Waals surface area contributed by atoms with Gasteiger partial charge in [0.2, 0.25) is 5.95 Å². The summed E-state index contributed by atoms with van der Waals surface area (Å²) in [6.45, 7) is 0.681. The quantitative estimate of drug-likeness (QED) is 0.509. The zero-order chi connectivity index (χ0) is 16.6. The number of pyridine rings is 1. The third kappa shape index (κ3) is 2.33. The lowest BCUT2D eigenvalue weighted by atomic mass is 10.3. The monoisotopic (exact) mass is 327 g/mol. The van der Waals surface area contributed by atoms with E-state index in [1.807, 2.05) is 45.5 Å². The van der Waals surface area contributed by atoms with E-state index in [9.17, 15) is 0 Å². The second-order valence-electron chi connectivity index (χ2n) is 5.71. The summed E-state index contributed by atoms with van der Waals surface area (Å²) in [5, 5.41) is 0. The minimum absolute atomic E-state index is 0.581. The Kier molecular flexibility index (Phi) is 3.03. The van der Waals surface area contributed by atoms with E-state index in [1.54, 1.807) is 31.2 Å². The summed E-state index contributed by atoms with van der Waals surface area (Å²) in [7, 11) is 0. The molecule has 7 nitrogen and oxygen atoms in total. The molecule has 25 heavy (non-hydrogen) atoms. The standard InChI is InChI=1S/C18H13N7/c1-2-4-16-14(3-1)22-12-25(16)18-20-9-15-17(23-18)24(11-21-15)10-13-5-7-19-8-6-13/h1-9,11-12H,10H2. The number of rotatable bonds is 3. The molecule has 5 rings (SSSR count). The van der Waals surface area contributed by atoms with Gasteiger partial charge < -0.3 is 4.57 Å². The molecule has 0 aliphatic carbocycles. The minimum atomic E-state index is 0.581. The van der Waals surface area contributed by atoms with Crippen molar-refractivity contribution in [3.05, 3.63) is 73.2 Å². The molecule has 0 N–H and O–H groups in total. The summed E-state index contributed by atoms with van der Waals surface area (Å²) in [6, 6.07) is 11.9. The maximum atomic E-state index is 4.72. The SMILES string of the molecule is c1ccc2c(c1)ncn2-c1ncc2ncn(Cc3ccncc3)c2n1. The van der Waals surface area contributed by atoms with E-state index in [2.05, 4.69) is 19.9 Å². The molecule has 0 radical (unpaired) electrons. The Balaban J connectivity index is 1.62. The number of imidazole rings is 2. The average molecular weight is 327 g/mol. The van der Waals surface area contributed by atoms with Crippen LogP contribution >= 0.6 is 0 Å². The molecule has 0 saturated carbocycles. The lowest BCUT2D eigenvalue weighted by Crippen LogP contribution is -2.03. The first-order chi connectivity index (χ1) is 12.4. The van der Waals surface area contributed by atoms with E-state index in [0.29, 0.717) is 12.5 Å². The van der Waals surface area contributed by atoms with Crippen molar-refractivity contribution in [3.63, 3.8) is 0 Å². The van der Waals surface area contributed by atoms with Gasteiger partial charge in [0.05, 0.1) is 30.1 Å². The van der Waals surface area contributed by atoms with Crippen LogP contribution in [0.1, 0.15) is 5.56 Å². The van der Waals surface area contributed by atoms with Gasteiger partial charge >= 0.3 is 0 Å². The second-order valence-corrected chi connectivity index (χ2v) is 5.71. The van der Waals surface area contributed by atoms with E-state index in [4.69, 9.17) is 4.98 Å². The normalized spacial score (nSPS) is 11.4. The number of hydrogen-bond donors (Lipinski definition) is 0. The van der Waals surface area contributed by atoms with Gasteiger partial charge in [0, 0.05) is 12.4 Å². The highest BCUT2D eigenvalue weighted by Crippen LogP contribution is 2.18. The predicted molar refractivity (Wildman–Crippen MR) is 93.3 cm³/mol. The molecular formula is C18H13N7. The molecule has 0 fully saturated rings. The zero-order valence-corrected chi connectivity index (χ0v) is 13.2. The molecule has 5 aromatic rings. The molecule has 0 aliphatic rings. The summed E-state index contributed by atoms with van der Waals surface area (Å²) >= 11 is 0. The van der Waals surface area contributed by atoms with Crippen molar-refractivity contribution in [2.75, 3.05) is 0 Å². The van der Waals surface area contributed by atoms with E-state index < -0.39 is 0 Å². The van der Waals surface area contributed by atoms with Crippen LogP contribution in [0.2, 0.25) is 0 Å². The lowest BCUT2D eigenvalue weighted by molar-refractivity contribution is 0.807. The number of aromatic nitrogens is 7. The fourth-order valence-electron chi connectivity index (χ4n) is 2.88. The smallest absolute Gasteiger partial charge is 0.237 e. The summed E-state index contributed by atoms with van der Waals surface area (Å²) in [5.74, 6) is 0.581. The van der Waals surface area contributed by atoms with Crippen LogP contribution in [-0.2, 0) is 6.54 Å². The summed E-state index contributed by atoms with van der Waals surface area (Å²) in [5.41, 5.74) is 4.59. The fourth-order valence-corrected chi connectivity index (χ4v) is 2.88. The van der Waals surface area contributed by atoms with Gasteiger partial charge in [0.15, 0.2) is 5.65 Å². The van der Waals surface area contributed by atoms with Crippen LogP contribution in [0.3, 0.4) is 0 Å². The van der Waals surface area contributed by atoms with E-state index in [-0.39, 0.29) is 0 Å². The van der Waals surface area contributed by atoms with Gasteiger partial charge in [0.1, 0.15) is 11.8 Å². The average Bonchev–Trinajstić information content (AvgIpc) is 3.27. The molecule has 4 heterocycles. The summed E-state index contributed by atoms with van der Waals surface area (Å²) < 4.78 is 3.90. The van der Waals surface area contributed by atoms with Gasteiger partial charge in [-0.1, -0.05) is 12.1 Å². The Morgan fingerprint density at radius 3 is 2.60 bits per heavy atom. The van der Waals surface area contributed by atoms with Crippen LogP contribution < -0.4 is 0 Å². The molecule has 7 heteroatoms. The van der Waals surface area contributed by atoms with Crippen molar-refractivity contribution in [3.8, 4) is 5.95 Å². The molecular weight excluding hydrogens is 314 g/mol. The molecule has 0 aliphatic heterocycles. The molecule has 0 bridgehead atoms. The number of nitrogens with zero attached hydrogens (tertiary/aromatic N) is 7. The van der Waals surface area contributed by atoms with Crippen molar-refractivity contribution in [2.45, 2.75) is 6.54 Å². The molecule has 0 atom stereocenters. The van der Waals surface area contributed by atoms with E-state index >= 15 is 0 Å². The Hall–Kier alpha value is -3.61. The number of hydrogen-bond acceptors (Lipinski definition) is 5.